The number of aromatic nitrogens is 2. The summed E-state index contributed by atoms with van der Waals surface area (Å²) >= 11 is 0. The summed E-state index contributed by atoms with van der Waals surface area (Å²) < 4.78 is 0. The molecule has 0 fully saturated rings. The van der Waals surface area contributed by atoms with Crippen LogP contribution in [-0.4, -0.2) is 16.7 Å². The second kappa shape index (κ2) is 5.11. The average Bonchev–Trinajstić information content (AvgIpc) is 2.30. The molecule has 2 aromatic rings. The zero-order chi connectivity index (χ0) is 11.2. The van der Waals surface area contributed by atoms with Gasteiger partial charge < -0.3 is 5.32 Å². The van der Waals surface area contributed by atoms with Gasteiger partial charge in [0.05, 0.1) is 11.9 Å². The zero-order valence-electron chi connectivity index (χ0n) is 8.81. The molecule has 4 nitrogen and oxygen atoms in total. The maximum absolute atomic E-state index is 11.0. The molecule has 2 N–H and O–H groups in total. The lowest BCUT2D eigenvalue weighted by atomic mass is 10.1. The number of nitrogens with zero attached hydrogens (tertiary/aromatic N) is 1. The van der Waals surface area contributed by atoms with Gasteiger partial charge in [-0.25, -0.2) is 5.10 Å². The van der Waals surface area contributed by atoms with Crippen molar-refractivity contribution in [3.05, 3.63) is 58.5 Å². The lowest BCUT2D eigenvalue weighted by molar-refractivity contribution is 0.968. The molecule has 0 aliphatic carbocycles. The highest BCUT2D eigenvalue weighted by Crippen LogP contribution is 2.02. The summed E-state index contributed by atoms with van der Waals surface area (Å²) in [6.45, 7) is 0.787. The third kappa shape index (κ3) is 2.95. The second-order valence-electron chi connectivity index (χ2n) is 3.50. The monoisotopic (exact) mass is 215 g/mol. The van der Waals surface area contributed by atoms with Crippen LogP contribution >= 0.6 is 0 Å². The van der Waals surface area contributed by atoms with Crippen molar-refractivity contribution in [3.8, 4) is 0 Å². The largest absolute Gasteiger partial charge is 0.383 e. The first-order chi connectivity index (χ1) is 7.84. The van der Waals surface area contributed by atoms with Crippen LogP contribution in [0.15, 0.2) is 47.4 Å². The second-order valence-corrected chi connectivity index (χ2v) is 3.50. The van der Waals surface area contributed by atoms with Gasteiger partial charge in [0, 0.05) is 12.6 Å². The van der Waals surface area contributed by atoms with Crippen molar-refractivity contribution in [1.29, 1.82) is 0 Å². The molecule has 16 heavy (non-hydrogen) atoms. The predicted molar refractivity (Wildman–Crippen MR) is 63.5 cm³/mol. The van der Waals surface area contributed by atoms with Crippen molar-refractivity contribution in [1.82, 2.24) is 10.2 Å². The van der Waals surface area contributed by atoms with Gasteiger partial charge in [-0.1, -0.05) is 30.3 Å². The SMILES string of the molecule is O=c1cc(NCCc2ccccc2)cn[nH]1. The van der Waals surface area contributed by atoms with Crippen LogP contribution in [0.1, 0.15) is 5.56 Å². The number of benzene rings is 1. The fraction of sp³-hybridized carbons (Fsp3) is 0.167. The van der Waals surface area contributed by atoms with E-state index in [4.69, 9.17) is 0 Å². The van der Waals surface area contributed by atoms with E-state index in [0.717, 1.165) is 18.7 Å². The molecule has 0 saturated heterocycles. The number of hydrogen-bond donors (Lipinski definition) is 2. The van der Waals surface area contributed by atoms with E-state index in [1.54, 1.807) is 6.20 Å². The maximum atomic E-state index is 11.0. The molecule has 1 heterocycles. The summed E-state index contributed by atoms with van der Waals surface area (Å²) in [6, 6.07) is 11.7. The molecular formula is C12H13N3O. The number of hydrogen-bond acceptors (Lipinski definition) is 3. The summed E-state index contributed by atoms with van der Waals surface area (Å²) in [4.78, 5) is 11.0. The first-order valence-electron chi connectivity index (χ1n) is 5.17. The van der Waals surface area contributed by atoms with Gasteiger partial charge >= 0.3 is 0 Å². The van der Waals surface area contributed by atoms with Crippen molar-refractivity contribution in [3.63, 3.8) is 0 Å². The number of H-pyrrole nitrogens is 1. The van der Waals surface area contributed by atoms with Crippen molar-refractivity contribution >= 4 is 5.69 Å². The number of anilines is 1. The average molecular weight is 215 g/mol. The topological polar surface area (TPSA) is 57.8 Å². The Morgan fingerprint density at radius 2 is 2.06 bits per heavy atom. The van der Waals surface area contributed by atoms with Gasteiger partial charge in [-0.05, 0) is 12.0 Å². The van der Waals surface area contributed by atoms with Crippen LogP contribution in [0, 0.1) is 0 Å². The maximum Gasteiger partial charge on any atom is 0.266 e. The number of nitrogens with one attached hydrogen (secondary N) is 2. The van der Waals surface area contributed by atoms with Crippen LogP contribution in [0.2, 0.25) is 0 Å². The van der Waals surface area contributed by atoms with Crippen molar-refractivity contribution in [2.75, 3.05) is 11.9 Å². The highest BCUT2D eigenvalue weighted by atomic mass is 16.1. The number of rotatable bonds is 4. The molecule has 0 saturated carbocycles. The minimum Gasteiger partial charge on any atom is -0.383 e. The van der Waals surface area contributed by atoms with Gasteiger partial charge in [0.25, 0.3) is 5.56 Å². The molecule has 1 aromatic carbocycles. The van der Waals surface area contributed by atoms with Crippen LogP contribution in [0.4, 0.5) is 5.69 Å². The molecule has 0 spiro atoms. The van der Waals surface area contributed by atoms with E-state index in [2.05, 4.69) is 27.6 Å². The van der Waals surface area contributed by atoms with Crippen LogP contribution in [0.25, 0.3) is 0 Å². The molecule has 0 atom stereocenters. The van der Waals surface area contributed by atoms with Gasteiger partial charge in [-0.3, -0.25) is 4.79 Å². The summed E-state index contributed by atoms with van der Waals surface area (Å²) in [5.41, 5.74) is 1.83. The molecule has 2 rings (SSSR count). The van der Waals surface area contributed by atoms with Gasteiger partial charge in [0.2, 0.25) is 0 Å². The predicted octanol–water partition coefficient (Wildman–Crippen LogP) is 1.42. The van der Waals surface area contributed by atoms with E-state index in [-0.39, 0.29) is 5.56 Å². The molecule has 0 radical (unpaired) electrons. The van der Waals surface area contributed by atoms with Crippen LogP contribution in [0.3, 0.4) is 0 Å². The van der Waals surface area contributed by atoms with E-state index in [9.17, 15) is 4.79 Å². The Morgan fingerprint density at radius 1 is 1.25 bits per heavy atom. The Bertz CT molecular complexity index is 493. The summed E-state index contributed by atoms with van der Waals surface area (Å²) in [7, 11) is 0. The first-order valence-corrected chi connectivity index (χ1v) is 5.17. The molecule has 0 aliphatic heterocycles. The Balaban J connectivity index is 1.87. The van der Waals surface area contributed by atoms with Gasteiger partial charge in [0.15, 0.2) is 0 Å². The third-order valence-electron chi connectivity index (χ3n) is 2.25. The standard InChI is InChI=1S/C12H13N3O/c16-12-8-11(9-14-15-12)13-7-6-10-4-2-1-3-5-10/h1-5,8-9H,6-7H2,(H2,13,15,16). The lowest BCUT2D eigenvalue weighted by Gasteiger charge is -2.04. The Kier molecular flexibility index (Phi) is 3.33. The van der Waals surface area contributed by atoms with E-state index >= 15 is 0 Å². The molecule has 1 aromatic heterocycles. The molecule has 0 amide bonds. The first kappa shape index (κ1) is 10.4. The van der Waals surface area contributed by atoms with Crippen LogP contribution < -0.4 is 10.9 Å². The Morgan fingerprint density at radius 3 is 2.81 bits per heavy atom. The van der Waals surface area contributed by atoms with E-state index in [1.807, 2.05) is 18.2 Å². The quantitative estimate of drug-likeness (QED) is 0.811. The van der Waals surface area contributed by atoms with E-state index in [1.165, 1.54) is 11.6 Å². The van der Waals surface area contributed by atoms with Crippen molar-refractivity contribution < 1.29 is 0 Å². The van der Waals surface area contributed by atoms with Crippen LogP contribution in [-0.2, 0) is 6.42 Å². The summed E-state index contributed by atoms with van der Waals surface area (Å²) in [5, 5.41) is 9.20. The molecule has 82 valence electrons. The van der Waals surface area contributed by atoms with Gasteiger partial charge in [-0.2, -0.15) is 5.10 Å². The number of aromatic amines is 1. The molecule has 4 heteroatoms. The molecule has 0 bridgehead atoms. The fourth-order valence-electron chi connectivity index (χ4n) is 1.47. The summed E-state index contributed by atoms with van der Waals surface area (Å²) in [5.74, 6) is 0. The van der Waals surface area contributed by atoms with Gasteiger partial charge in [-0.15, -0.1) is 0 Å². The summed E-state index contributed by atoms with van der Waals surface area (Å²) in [6.07, 6.45) is 2.53. The zero-order valence-corrected chi connectivity index (χ0v) is 8.81. The fourth-order valence-corrected chi connectivity index (χ4v) is 1.47. The molecule has 0 aliphatic rings. The Hall–Kier alpha value is -2.10. The minimum atomic E-state index is -0.190. The molecular weight excluding hydrogens is 202 g/mol. The van der Waals surface area contributed by atoms with E-state index in [0.29, 0.717) is 0 Å². The van der Waals surface area contributed by atoms with Crippen molar-refractivity contribution in [2.45, 2.75) is 6.42 Å². The van der Waals surface area contributed by atoms with E-state index < -0.39 is 0 Å². The third-order valence-corrected chi connectivity index (χ3v) is 2.25. The van der Waals surface area contributed by atoms with Crippen LogP contribution in [0.5, 0.6) is 0 Å². The highest BCUT2D eigenvalue weighted by molar-refractivity contribution is 5.38. The normalized spacial score (nSPS) is 10.0. The highest BCUT2D eigenvalue weighted by Gasteiger charge is 1.94. The lowest BCUT2D eigenvalue weighted by Crippen LogP contribution is -2.11. The van der Waals surface area contributed by atoms with Gasteiger partial charge in [0.1, 0.15) is 0 Å². The Labute approximate surface area is 93.3 Å². The minimum absolute atomic E-state index is 0.190. The van der Waals surface area contributed by atoms with Crippen molar-refractivity contribution in [2.24, 2.45) is 0 Å². The smallest absolute Gasteiger partial charge is 0.266 e. The molecule has 0 unspecified atom stereocenters.